The molecule has 0 spiro atoms. The van der Waals surface area contributed by atoms with Gasteiger partial charge >= 0.3 is 0 Å². The zero-order valence-corrected chi connectivity index (χ0v) is 11.3. The number of aromatic nitrogens is 2. The molecule has 94 valence electrons. The third kappa shape index (κ3) is 3.06. The van der Waals surface area contributed by atoms with Gasteiger partial charge in [0.15, 0.2) is 0 Å². The molecule has 18 heavy (non-hydrogen) atoms. The van der Waals surface area contributed by atoms with E-state index in [1.165, 1.54) is 6.33 Å². The zero-order chi connectivity index (χ0) is 13.0. The summed E-state index contributed by atoms with van der Waals surface area (Å²) in [6.07, 6.45) is 5.20. The third-order valence-electron chi connectivity index (χ3n) is 2.72. The number of rotatable bonds is 4. The number of benzene rings is 1. The smallest absolute Gasteiger partial charge is 0.115 e. The van der Waals surface area contributed by atoms with Gasteiger partial charge in [0, 0.05) is 23.0 Å². The number of hydrogen-bond donors (Lipinski definition) is 1. The van der Waals surface area contributed by atoms with Gasteiger partial charge in [-0.1, -0.05) is 24.6 Å². The van der Waals surface area contributed by atoms with Gasteiger partial charge in [-0.15, -0.1) is 0 Å². The largest absolute Gasteiger partial charge is 0.306 e. The molecule has 0 fully saturated rings. The standard InChI is InChI=1S/C14H16ClN3/c1-3-18-14(12-7-16-9-17-8-12)11-4-10(2)5-13(15)6-11/h4-9,14,18H,3H2,1-2H3. The first-order valence-corrected chi connectivity index (χ1v) is 6.34. The number of hydrogen-bond acceptors (Lipinski definition) is 3. The summed E-state index contributed by atoms with van der Waals surface area (Å²) in [5.41, 5.74) is 3.33. The van der Waals surface area contributed by atoms with Crippen LogP contribution in [-0.2, 0) is 0 Å². The topological polar surface area (TPSA) is 37.8 Å². The fraction of sp³-hybridized carbons (Fsp3) is 0.286. The van der Waals surface area contributed by atoms with Crippen molar-refractivity contribution in [2.45, 2.75) is 19.9 Å². The summed E-state index contributed by atoms with van der Waals surface area (Å²) in [6.45, 7) is 4.99. The minimum absolute atomic E-state index is 0.0774. The molecule has 1 unspecified atom stereocenters. The lowest BCUT2D eigenvalue weighted by Crippen LogP contribution is -2.22. The van der Waals surface area contributed by atoms with Crippen LogP contribution < -0.4 is 5.32 Å². The molecule has 0 amide bonds. The molecule has 1 heterocycles. The first-order valence-electron chi connectivity index (χ1n) is 5.96. The van der Waals surface area contributed by atoms with Crippen LogP contribution in [0.2, 0.25) is 5.02 Å². The lowest BCUT2D eigenvalue weighted by Gasteiger charge is -2.19. The van der Waals surface area contributed by atoms with Gasteiger partial charge in [0.1, 0.15) is 6.33 Å². The molecule has 1 aromatic heterocycles. The van der Waals surface area contributed by atoms with Crippen molar-refractivity contribution in [1.29, 1.82) is 0 Å². The van der Waals surface area contributed by atoms with E-state index in [2.05, 4.69) is 28.3 Å². The van der Waals surface area contributed by atoms with Crippen LogP contribution >= 0.6 is 11.6 Å². The predicted octanol–water partition coefficient (Wildman–Crippen LogP) is 3.14. The third-order valence-corrected chi connectivity index (χ3v) is 2.94. The van der Waals surface area contributed by atoms with E-state index in [1.807, 2.05) is 31.5 Å². The van der Waals surface area contributed by atoms with Gasteiger partial charge in [-0.3, -0.25) is 0 Å². The van der Waals surface area contributed by atoms with Crippen LogP contribution in [0, 0.1) is 6.92 Å². The van der Waals surface area contributed by atoms with Crippen LogP contribution in [-0.4, -0.2) is 16.5 Å². The van der Waals surface area contributed by atoms with Gasteiger partial charge in [0.05, 0.1) is 6.04 Å². The lowest BCUT2D eigenvalue weighted by atomic mass is 9.99. The van der Waals surface area contributed by atoms with Crippen LogP contribution in [0.4, 0.5) is 0 Å². The molecule has 3 nitrogen and oxygen atoms in total. The zero-order valence-electron chi connectivity index (χ0n) is 10.5. The van der Waals surface area contributed by atoms with E-state index >= 15 is 0 Å². The molecule has 2 rings (SSSR count). The molecule has 1 atom stereocenters. The van der Waals surface area contributed by atoms with Crippen molar-refractivity contribution in [2.24, 2.45) is 0 Å². The van der Waals surface area contributed by atoms with E-state index < -0.39 is 0 Å². The van der Waals surface area contributed by atoms with Gasteiger partial charge in [-0.05, 0) is 36.7 Å². The molecular weight excluding hydrogens is 246 g/mol. The van der Waals surface area contributed by atoms with E-state index in [0.717, 1.165) is 28.3 Å². The molecule has 1 aromatic carbocycles. The number of halogens is 1. The monoisotopic (exact) mass is 261 g/mol. The molecule has 0 aliphatic rings. The van der Waals surface area contributed by atoms with Crippen molar-refractivity contribution >= 4 is 11.6 Å². The van der Waals surface area contributed by atoms with Gasteiger partial charge in [-0.2, -0.15) is 0 Å². The van der Waals surface area contributed by atoms with Crippen LogP contribution in [0.5, 0.6) is 0 Å². The van der Waals surface area contributed by atoms with Crippen molar-refractivity contribution < 1.29 is 0 Å². The molecule has 0 aliphatic carbocycles. The fourth-order valence-corrected chi connectivity index (χ4v) is 2.32. The maximum atomic E-state index is 6.12. The van der Waals surface area contributed by atoms with Crippen LogP contribution in [0.25, 0.3) is 0 Å². The Morgan fingerprint density at radius 1 is 1.17 bits per heavy atom. The molecule has 0 aliphatic heterocycles. The molecular formula is C14H16ClN3. The number of aryl methyl sites for hydroxylation is 1. The summed E-state index contributed by atoms with van der Waals surface area (Å²) in [4.78, 5) is 8.15. The van der Waals surface area contributed by atoms with Crippen LogP contribution in [0.15, 0.2) is 36.9 Å². The minimum Gasteiger partial charge on any atom is -0.306 e. The average molecular weight is 262 g/mol. The first kappa shape index (κ1) is 13.0. The molecule has 0 saturated heterocycles. The van der Waals surface area contributed by atoms with Crippen molar-refractivity contribution in [1.82, 2.24) is 15.3 Å². The fourth-order valence-electron chi connectivity index (χ4n) is 2.02. The highest BCUT2D eigenvalue weighted by Gasteiger charge is 2.14. The Balaban J connectivity index is 2.41. The van der Waals surface area contributed by atoms with Crippen molar-refractivity contribution in [2.75, 3.05) is 6.54 Å². The summed E-state index contributed by atoms with van der Waals surface area (Å²) in [5, 5.41) is 4.19. The van der Waals surface area contributed by atoms with Crippen LogP contribution in [0.1, 0.15) is 29.7 Å². The molecule has 2 aromatic rings. The molecule has 0 radical (unpaired) electrons. The van der Waals surface area contributed by atoms with Crippen molar-refractivity contribution in [3.63, 3.8) is 0 Å². The Morgan fingerprint density at radius 2 is 1.89 bits per heavy atom. The Labute approximate surface area is 112 Å². The summed E-state index contributed by atoms with van der Waals surface area (Å²) in [6, 6.07) is 6.14. The predicted molar refractivity (Wildman–Crippen MR) is 73.7 cm³/mol. The van der Waals surface area contributed by atoms with E-state index in [0.29, 0.717) is 0 Å². The maximum absolute atomic E-state index is 6.12. The number of nitrogens with one attached hydrogen (secondary N) is 1. The summed E-state index contributed by atoms with van der Waals surface area (Å²) < 4.78 is 0. The maximum Gasteiger partial charge on any atom is 0.115 e. The second-order valence-electron chi connectivity index (χ2n) is 4.22. The molecule has 4 heteroatoms. The van der Waals surface area contributed by atoms with Crippen molar-refractivity contribution in [3.8, 4) is 0 Å². The van der Waals surface area contributed by atoms with E-state index in [1.54, 1.807) is 0 Å². The normalized spacial score (nSPS) is 12.4. The highest BCUT2D eigenvalue weighted by molar-refractivity contribution is 6.30. The van der Waals surface area contributed by atoms with Crippen molar-refractivity contribution in [3.05, 3.63) is 58.6 Å². The summed E-state index contributed by atoms with van der Waals surface area (Å²) in [5.74, 6) is 0. The SMILES string of the molecule is CCNC(c1cncnc1)c1cc(C)cc(Cl)c1. The lowest BCUT2D eigenvalue weighted by molar-refractivity contribution is 0.625. The van der Waals surface area contributed by atoms with E-state index in [4.69, 9.17) is 11.6 Å². The number of nitrogens with zero attached hydrogens (tertiary/aromatic N) is 2. The van der Waals surface area contributed by atoms with E-state index in [-0.39, 0.29) is 6.04 Å². The quantitative estimate of drug-likeness (QED) is 0.919. The Kier molecular flexibility index (Phi) is 4.28. The summed E-state index contributed by atoms with van der Waals surface area (Å²) in [7, 11) is 0. The second-order valence-corrected chi connectivity index (χ2v) is 4.66. The van der Waals surface area contributed by atoms with E-state index in [9.17, 15) is 0 Å². The Hall–Kier alpha value is -1.45. The first-order chi connectivity index (χ1) is 8.70. The second kappa shape index (κ2) is 5.94. The molecule has 0 bridgehead atoms. The highest BCUT2D eigenvalue weighted by atomic mass is 35.5. The summed E-state index contributed by atoms with van der Waals surface area (Å²) >= 11 is 6.12. The average Bonchev–Trinajstić information content (AvgIpc) is 2.36. The van der Waals surface area contributed by atoms with Crippen LogP contribution in [0.3, 0.4) is 0 Å². The van der Waals surface area contributed by atoms with Gasteiger partial charge < -0.3 is 5.32 Å². The highest BCUT2D eigenvalue weighted by Crippen LogP contribution is 2.25. The molecule has 0 saturated carbocycles. The van der Waals surface area contributed by atoms with Gasteiger partial charge in [-0.25, -0.2) is 9.97 Å². The van der Waals surface area contributed by atoms with Gasteiger partial charge in [0.2, 0.25) is 0 Å². The van der Waals surface area contributed by atoms with Gasteiger partial charge in [0.25, 0.3) is 0 Å². The minimum atomic E-state index is 0.0774. The molecule has 1 N–H and O–H groups in total. The Bertz CT molecular complexity index is 493. The Morgan fingerprint density at radius 3 is 2.50 bits per heavy atom.